The number of ether oxygens (including phenoxy) is 2. The number of piperazine rings is 1. The second-order valence-corrected chi connectivity index (χ2v) is 14.0. The van der Waals surface area contributed by atoms with Crippen LogP contribution < -0.4 is 4.90 Å². The molecular formula is C35H36N4O7. The van der Waals surface area contributed by atoms with Crippen molar-refractivity contribution < 1.29 is 34.1 Å². The minimum Gasteiger partial charge on any atom is -0.465 e. The molecule has 6 heterocycles. The number of rotatable bonds is 3. The van der Waals surface area contributed by atoms with E-state index in [2.05, 4.69) is 4.98 Å². The third kappa shape index (κ3) is 2.93. The summed E-state index contributed by atoms with van der Waals surface area (Å²) >= 11 is 0. The van der Waals surface area contributed by atoms with E-state index >= 15 is 4.79 Å². The Balaban J connectivity index is 1.43. The topological polar surface area (TPSA) is 136 Å². The summed E-state index contributed by atoms with van der Waals surface area (Å²) < 4.78 is 11.5. The lowest BCUT2D eigenvalue weighted by atomic mass is 9.60. The second kappa shape index (κ2) is 8.67. The number of methoxy groups -OCH3 is 1. The van der Waals surface area contributed by atoms with Crippen LogP contribution in [0.15, 0.2) is 66.5 Å². The average Bonchev–Trinajstić information content (AvgIpc) is 3.53. The first-order valence-corrected chi connectivity index (χ1v) is 15.4. The Morgan fingerprint density at radius 3 is 2.41 bits per heavy atom. The minimum atomic E-state index is -2.63. The Morgan fingerprint density at radius 1 is 1.00 bits per heavy atom. The molecule has 2 amide bonds. The van der Waals surface area contributed by atoms with Gasteiger partial charge in [0.05, 0.1) is 5.92 Å². The fourth-order valence-corrected chi connectivity index (χ4v) is 9.18. The van der Waals surface area contributed by atoms with Gasteiger partial charge in [-0.2, -0.15) is 0 Å². The lowest BCUT2D eigenvalue weighted by Crippen LogP contribution is -2.89. The Kier molecular flexibility index (Phi) is 5.46. The molecule has 3 N–H and O–H groups in total. The summed E-state index contributed by atoms with van der Waals surface area (Å²) in [4.78, 5) is 49.9. The zero-order valence-corrected chi connectivity index (χ0v) is 26.5. The number of aromatic amines is 1. The number of hydrogen-bond donors (Lipinski definition) is 3. The van der Waals surface area contributed by atoms with Gasteiger partial charge in [0.15, 0.2) is 17.4 Å². The van der Waals surface area contributed by atoms with Crippen LogP contribution >= 0.6 is 0 Å². The molecule has 1 spiro atoms. The first kappa shape index (κ1) is 29.0. The number of H-pyrrole nitrogens is 1. The number of nitrogens with zero attached hydrogens (tertiary/aromatic N) is 3. The van der Waals surface area contributed by atoms with Gasteiger partial charge in [0, 0.05) is 64.6 Å². The number of hydrogen-bond acceptors (Lipinski definition) is 8. The highest BCUT2D eigenvalue weighted by Crippen LogP contribution is 2.74. The van der Waals surface area contributed by atoms with E-state index in [1.165, 1.54) is 25.1 Å². The Labute approximate surface area is 265 Å². The minimum absolute atomic E-state index is 0.00718. The molecular weight excluding hydrogens is 588 g/mol. The highest BCUT2D eigenvalue weighted by atomic mass is 16.5. The number of anilines is 1. The number of esters is 1. The van der Waals surface area contributed by atoms with E-state index < -0.39 is 57.7 Å². The highest BCUT2D eigenvalue weighted by Gasteiger charge is 2.92. The summed E-state index contributed by atoms with van der Waals surface area (Å²) in [5.74, 6) is -2.80. The number of para-hydroxylation sites is 2. The molecule has 8 rings (SSSR count). The van der Waals surface area contributed by atoms with Crippen LogP contribution in [0.1, 0.15) is 51.4 Å². The maximum Gasteiger partial charge on any atom is 0.302 e. The smallest absolute Gasteiger partial charge is 0.302 e. The molecule has 0 unspecified atom stereocenters. The van der Waals surface area contributed by atoms with E-state index in [9.17, 15) is 19.8 Å². The number of aromatic nitrogens is 1. The van der Waals surface area contributed by atoms with Crippen molar-refractivity contribution in [2.75, 3.05) is 18.6 Å². The molecule has 46 heavy (non-hydrogen) atoms. The van der Waals surface area contributed by atoms with Gasteiger partial charge in [-0.25, -0.2) is 0 Å². The van der Waals surface area contributed by atoms with E-state index in [0.29, 0.717) is 11.3 Å². The molecule has 1 aromatic heterocycles. The van der Waals surface area contributed by atoms with Crippen molar-refractivity contribution in [2.45, 2.75) is 68.7 Å². The van der Waals surface area contributed by atoms with Crippen LogP contribution in [0.4, 0.5) is 5.69 Å². The standard InChI is InChI=1S/C35H36N4O7/c1-19(40)46-18-26-32(4,5)38-24-14-10-8-12-22(24)33(43)29(45-6)34(44)30(42)37-16-15-31(2,3)27-21(20-11-7-9-13-23(20)36-27)17-25(37)28(41)39(34)35(26,33)38/h7-17,26,29,36,43-44H,18H2,1-6H3/b16-15-,25-17-/t26-,29+,33+,34+,35+/m1/s1. The molecule has 5 aliphatic heterocycles. The van der Waals surface area contributed by atoms with Crippen LogP contribution in [0.2, 0.25) is 0 Å². The molecule has 11 nitrogen and oxygen atoms in total. The predicted octanol–water partition coefficient (Wildman–Crippen LogP) is 3.08. The summed E-state index contributed by atoms with van der Waals surface area (Å²) in [5, 5.41) is 26.8. The van der Waals surface area contributed by atoms with Crippen LogP contribution in [0.3, 0.4) is 0 Å². The molecule has 3 saturated heterocycles. The number of allylic oxidation sites excluding steroid dienone is 1. The maximum absolute atomic E-state index is 15.2. The van der Waals surface area contributed by atoms with Crippen LogP contribution in [-0.4, -0.2) is 79.5 Å². The zero-order valence-electron chi connectivity index (χ0n) is 26.5. The average molecular weight is 625 g/mol. The molecule has 0 radical (unpaired) electrons. The van der Waals surface area contributed by atoms with Gasteiger partial charge in [-0.15, -0.1) is 0 Å². The Bertz CT molecular complexity index is 1960. The molecule has 238 valence electrons. The van der Waals surface area contributed by atoms with Crippen molar-refractivity contribution in [1.29, 1.82) is 0 Å². The van der Waals surface area contributed by atoms with E-state index in [0.717, 1.165) is 27.1 Å². The second-order valence-electron chi connectivity index (χ2n) is 14.0. The predicted molar refractivity (Wildman–Crippen MR) is 168 cm³/mol. The summed E-state index contributed by atoms with van der Waals surface area (Å²) in [6.07, 6.45) is 3.42. The quantitative estimate of drug-likeness (QED) is 0.379. The lowest BCUT2D eigenvalue weighted by Gasteiger charge is -2.70. The van der Waals surface area contributed by atoms with E-state index in [1.54, 1.807) is 18.2 Å². The Morgan fingerprint density at radius 2 is 1.70 bits per heavy atom. The largest absolute Gasteiger partial charge is 0.465 e. The van der Waals surface area contributed by atoms with E-state index in [1.807, 2.05) is 75.1 Å². The zero-order chi connectivity index (χ0) is 32.8. The molecule has 3 aromatic rings. The number of carbonyl (C=O) groups excluding carboxylic acids is 3. The molecule has 3 fully saturated rings. The molecule has 5 aliphatic rings. The molecule has 5 atom stereocenters. The van der Waals surface area contributed by atoms with Crippen molar-refractivity contribution in [2.24, 2.45) is 5.92 Å². The van der Waals surface area contributed by atoms with Crippen molar-refractivity contribution in [1.82, 2.24) is 14.8 Å². The number of nitrogens with one attached hydrogen (secondary N) is 1. The SMILES string of the molecule is CO[C@@H]1[C@]2(O)C(=O)N3/C=C\C(C)(C)c4[nH]c5ccccc5c4/C=C\3C(=O)N2[C@]23[C@H](COC(C)=O)C(C)(C)N2c2ccccc2[C@]13O. The third-order valence-corrected chi connectivity index (χ3v) is 11.0. The van der Waals surface area contributed by atoms with Gasteiger partial charge in [0.25, 0.3) is 17.5 Å². The van der Waals surface area contributed by atoms with Crippen molar-refractivity contribution in [3.63, 3.8) is 0 Å². The van der Waals surface area contributed by atoms with Gasteiger partial charge < -0.3 is 29.6 Å². The van der Waals surface area contributed by atoms with Crippen LogP contribution in [0, 0.1) is 5.92 Å². The van der Waals surface area contributed by atoms with Crippen LogP contribution in [-0.2, 0) is 34.9 Å². The fraction of sp³-hybridized carbons (Fsp3) is 0.400. The summed E-state index contributed by atoms with van der Waals surface area (Å²) in [7, 11) is 1.31. The Hall–Kier alpha value is -4.45. The number of fused-ring (bicyclic) bond motifs is 8. The molecule has 0 saturated carbocycles. The van der Waals surface area contributed by atoms with Gasteiger partial charge >= 0.3 is 5.97 Å². The lowest BCUT2D eigenvalue weighted by molar-refractivity contribution is -0.219. The fourth-order valence-electron chi connectivity index (χ4n) is 9.18. The summed E-state index contributed by atoms with van der Waals surface area (Å²) in [5.41, 5.74) is -4.35. The molecule has 0 aliphatic carbocycles. The van der Waals surface area contributed by atoms with Crippen LogP contribution in [0.5, 0.6) is 0 Å². The number of aliphatic hydroxyl groups is 2. The van der Waals surface area contributed by atoms with Crippen LogP contribution in [0.25, 0.3) is 17.0 Å². The number of carbonyl (C=O) groups is 3. The van der Waals surface area contributed by atoms with Gasteiger partial charge in [-0.05, 0) is 32.1 Å². The number of benzene rings is 2. The van der Waals surface area contributed by atoms with Crippen molar-refractivity contribution in [3.05, 3.63) is 83.3 Å². The van der Waals surface area contributed by atoms with Crippen molar-refractivity contribution in [3.8, 4) is 0 Å². The first-order chi connectivity index (χ1) is 21.7. The third-order valence-electron chi connectivity index (χ3n) is 11.0. The van der Waals surface area contributed by atoms with Gasteiger partial charge in [0.1, 0.15) is 12.3 Å². The van der Waals surface area contributed by atoms with E-state index in [-0.39, 0.29) is 12.3 Å². The van der Waals surface area contributed by atoms with E-state index in [4.69, 9.17) is 9.47 Å². The number of amides is 2. The summed E-state index contributed by atoms with van der Waals surface area (Å²) in [6, 6.07) is 14.9. The monoisotopic (exact) mass is 624 g/mol. The van der Waals surface area contributed by atoms with Gasteiger partial charge in [-0.1, -0.05) is 56.3 Å². The molecule has 2 aromatic carbocycles. The summed E-state index contributed by atoms with van der Waals surface area (Å²) in [6.45, 7) is 8.96. The first-order valence-electron chi connectivity index (χ1n) is 15.4. The van der Waals surface area contributed by atoms with Gasteiger partial charge in [0.2, 0.25) is 0 Å². The maximum atomic E-state index is 15.2. The molecule has 0 bridgehead atoms. The van der Waals surface area contributed by atoms with Gasteiger partial charge in [-0.3, -0.25) is 24.2 Å². The molecule has 11 heteroatoms. The highest BCUT2D eigenvalue weighted by molar-refractivity contribution is 6.12. The normalized spacial score (nSPS) is 34.6. The van der Waals surface area contributed by atoms with Crippen molar-refractivity contribution >= 4 is 40.4 Å².